The van der Waals surface area contributed by atoms with Crippen molar-refractivity contribution >= 4 is 5.82 Å². The molecule has 0 aliphatic heterocycles. The lowest BCUT2D eigenvalue weighted by Crippen LogP contribution is -2.38. The molecule has 0 spiro atoms. The van der Waals surface area contributed by atoms with Gasteiger partial charge < -0.3 is 10.4 Å². The zero-order chi connectivity index (χ0) is 10.6. The van der Waals surface area contributed by atoms with Crippen LogP contribution in [0.25, 0.3) is 0 Å². The SMILES string of the molecule is CCC(C)(CO)Nc1nccnc1C. The highest BCUT2D eigenvalue weighted by atomic mass is 16.3. The van der Waals surface area contributed by atoms with Crippen molar-refractivity contribution < 1.29 is 5.11 Å². The van der Waals surface area contributed by atoms with Gasteiger partial charge in [-0.1, -0.05) is 6.92 Å². The molecule has 1 heterocycles. The van der Waals surface area contributed by atoms with Crippen LogP contribution in [0.3, 0.4) is 0 Å². The van der Waals surface area contributed by atoms with Gasteiger partial charge >= 0.3 is 0 Å². The van der Waals surface area contributed by atoms with Gasteiger partial charge in [0.2, 0.25) is 0 Å². The summed E-state index contributed by atoms with van der Waals surface area (Å²) in [6.07, 6.45) is 4.13. The Kier molecular flexibility index (Phi) is 3.41. The summed E-state index contributed by atoms with van der Waals surface area (Å²) in [6.45, 7) is 5.96. The summed E-state index contributed by atoms with van der Waals surface area (Å²) in [5.41, 5.74) is 0.529. The van der Waals surface area contributed by atoms with Crippen LogP contribution in [-0.2, 0) is 0 Å². The third-order valence-electron chi connectivity index (χ3n) is 2.43. The third kappa shape index (κ3) is 2.42. The maximum absolute atomic E-state index is 9.23. The molecule has 1 unspecified atom stereocenters. The Bertz CT molecular complexity index is 297. The fourth-order valence-corrected chi connectivity index (χ4v) is 1.06. The summed E-state index contributed by atoms with van der Waals surface area (Å²) in [7, 11) is 0. The van der Waals surface area contributed by atoms with Gasteiger partial charge in [-0.2, -0.15) is 0 Å². The topological polar surface area (TPSA) is 58.0 Å². The van der Waals surface area contributed by atoms with E-state index in [1.54, 1.807) is 12.4 Å². The Morgan fingerprint density at radius 3 is 2.57 bits per heavy atom. The number of nitrogens with zero attached hydrogens (tertiary/aromatic N) is 2. The highest BCUT2D eigenvalue weighted by Gasteiger charge is 2.21. The number of aryl methyl sites for hydroxylation is 1. The third-order valence-corrected chi connectivity index (χ3v) is 2.43. The number of rotatable bonds is 4. The molecule has 4 heteroatoms. The highest BCUT2D eigenvalue weighted by Crippen LogP contribution is 2.17. The average molecular weight is 195 g/mol. The fourth-order valence-electron chi connectivity index (χ4n) is 1.06. The van der Waals surface area contributed by atoms with Gasteiger partial charge in [-0.25, -0.2) is 4.98 Å². The molecule has 0 aliphatic rings. The molecule has 1 aromatic rings. The molecule has 1 atom stereocenters. The largest absolute Gasteiger partial charge is 0.394 e. The van der Waals surface area contributed by atoms with Crippen LogP contribution in [0.5, 0.6) is 0 Å². The van der Waals surface area contributed by atoms with E-state index in [2.05, 4.69) is 15.3 Å². The zero-order valence-corrected chi connectivity index (χ0v) is 8.91. The number of aliphatic hydroxyl groups excluding tert-OH is 1. The molecule has 1 aromatic heterocycles. The van der Waals surface area contributed by atoms with Gasteiger partial charge in [0, 0.05) is 12.4 Å². The Balaban J connectivity index is 2.82. The highest BCUT2D eigenvalue weighted by molar-refractivity contribution is 5.41. The summed E-state index contributed by atoms with van der Waals surface area (Å²) in [4.78, 5) is 8.30. The Morgan fingerprint density at radius 2 is 2.07 bits per heavy atom. The predicted octanol–water partition coefficient (Wildman–Crippen LogP) is 1.36. The number of aromatic nitrogens is 2. The van der Waals surface area contributed by atoms with E-state index in [-0.39, 0.29) is 12.1 Å². The summed E-state index contributed by atoms with van der Waals surface area (Å²) in [6, 6.07) is 0. The first-order valence-corrected chi connectivity index (χ1v) is 4.78. The maximum atomic E-state index is 9.23. The summed E-state index contributed by atoms with van der Waals surface area (Å²) >= 11 is 0. The van der Waals surface area contributed by atoms with Crippen molar-refractivity contribution in [3.8, 4) is 0 Å². The molecule has 0 fully saturated rings. The fraction of sp³-hybridized carbons (Fsp3) is 0.600. The normalized spacial score (nSPS) is 14.9. The van der Waals surface area contributed by atoms with Crippen molar-refractivity contribution in [2.45, 2.75) is 32.7 Å². The summed E-state index contributed by atoms with van der Waals surface area (Å²) in [5, 5.41) is 12.4. The number of anilines is 1. The monoisotopic (exact) mass is 195 g/mol. The first kappa shape index (κ1) is 10.9. The minimum absolute atomic E-state index is 0.0829. The second-order valence-electron chi connectivity index (χ2n) is 3.69. The van der Waals surface area contributed by atoms with E-state index in [9.17, 15) is 5.11 Å². The maximum Gasteiger partial charge on any atom is 0.147 e. The van der Waals surface area contributed by atoms with Gasteiger partial charge in [0.1, 0.15) is 5.82 Å². The quantitative estimate of drug-likeness (QED) is 0.761. The van der Waals surface area contributed by atoms with Gasteiger partial charge in [0.25, 0.3) is 0 Å². The summed E-state index contributed by atoms with van der Waals surface area (Å²) in [5.74, 6) is 0.742. The van der Waals surface area contributed by atoms with Gasteiger partial charge in [-0.05, 0) is 20.3 Å². The number of hydrogen-bond acceptors (Lipinski definition) is 4. The molecule has 0 amide bonds. The van der Waals surface area contributed by atoms with E-state index in [0.29, 0.717) is 0 Å². The van der Waals surface area contributed by atoms with E-state index in [4.69, 9.17) is 0 Å². The lowest BCUT2D eigenvalue weighted by Gasteiger charge is -2.28. The van der Waals surface area contributed by atoms with Gasteiger partial charge in [-0.3, -0.25) is 4.98 Å². The molecule has 78 valence electrons. The van der Waals surface area contributed by atoms with Crippen LogP contribution in [0.4, 0.5) is 5.82 Å². The van der Waals surface area contributed by atoms with Crippen molar-refractivity contribution in [2.75, 3.05) is 11.9 Å². The molecule has 14 heavy (non-hydrogen) atoms. The predicted molar refractivity (Wildman–Crippen MR) is 56.2 cm³/mol. The minimum Gasteiger partial charge on any atom is -0.394 e. The van der Waals surface area contributed by atoms with Crippen LogP contribution >= 0.6 is 0 Å². The molecule has 0 saturated heterocycles. The van der Waals surface area contributed by atoms with Crippen LogP contribution in [-0.4, -0.2) is 27.2 Å². The van der Waals surface area contributed by atoms with E-state index in [0.717, 1.165) is 17.9 Å². The van der Waals surface area contributed by atoms with Crippen molar-refractivity contribution in [2.24, 2.45) is 0 Å². The van der Waals surface area contributed by atoms with Crippen LogP contribution < -0.4 is 5.32 Å². The van der Waals surface area contributed by atoms with E-state index < -0.39 is 0 Å². The molecule has 0 saturated carbocycles. The molecule has 1 rings (SSSR count). The molecule has 0 aliphatic carbocycles. The van der Waals surface area contributed by atoms with Crippen LogP contribution in [0.1, 0.15) is 26.0 Å². The van der Waals surface area contributed by atoms with E-state index in [1.165, 1.54) is 0 Å². The summed E-state index contributed by atoms with van der Waals surface area (Å²) < 4.78 is 0. The van der Waals surface area contributed by atoms with Crippen LogP contribution in [0.15, 0.2) is 12.4 Å². The molecule has 0 radical (unpaired) electrons. The number of nitrogens with one attached hydrogen (secondary N) is 1. The molecular formula is C10H17N3O. The van der Waals surface area contributed by atoms with Crippen molar-refractivity contribution in [3.63, 3.8) is 0 Å². The second kappa shape index (κ2) is 4.37. The van der Waals surface area contributed by atoms with Crippen molar-refractivity contribution in [3.05, 3.63) is 18.1 Å². The Labute approximate surface area is 84.4 Å². The Hall–Kier alpha value is -1.16. The standard InChI is InChI=1S/C10H17N3O/c1-4-10(3,7-14)13-9-8(2)11-5-6-12-9/h5-6,14H,4,7H2,1-3H3,(H,12,13). The van der Waals surface area contributed by atoms with Gasteiger partial charge in [-0.15, -0.1) is 0 Å². The van der Waals surface area contributed by atoms with Crippen LogP contribution in [0, 0.1) is 6.92 Å². The smallest absolute Gasteiger partial charge is 0.147 e. The lowest BCUT2D eigenvalue weighted by atomic mass is 10.0. The first-order chi connectivity index (χ1) is 6.61. The second-order valence-corrected chi connectivity index (χ2v) is 3.69. The molecule has 0 bridgehead atoms. The molecule has 4 nitrogen and oxygen atoms in total. The van der Waals surface area contributed by atoms with Gasteiger partial charge in [0.15, 0.2) is 0 Å². The van der Waals surface area contributed by atoms with E-state index >= 15 is 0 Å². The zero-order valence-electron chi connectivity index (χ0n) is 8.91. The number of aliphatic hydroxyl groups is 1. The average Bonchev–Trinajstić information content (AvgIpc) is 2.21. The van der Waals surface area contributed by atoms with Crippen LogP contribution in [0.2, 0.25) is 0 Å². The van der Waals surface area contributed by atoms with Crippen molar-refractivity contribution in [1.82, 2.24) is 9.97 Å². The molecular weight excluding hydrogens is 178 g/mol. The lowest BCUT2D eigenvalue weighted by molar-refractivity contribution is 0.218. The van der Waals surface area contributed by atoms with Crippen molar-refractivity contribution in [1.29, 1.82) is 0 Å². The number of hydrogen-bond donors (Lipinski definition) is 2. The molecule has 2 N–H and O–H groups in total. The molecule has 0 aromatic carbocycles. The van der Waals surface area contributed by atoms with E-state index in [1.807, 2.05) is 20.8 Å². The van der Waals surface area contributed by atoms with Gasteiger partial charge in [0.05, 0.1) is 17.8 Å². The Morgan fingerprint density at radius 1 is 1.43 bits per heavy atom. The first-order valence-electron chi connectivity index (χ1n) is 4.78. The minimum atomic E-state index is -0.319.